The summed E-state index contributed by atoms with van der Waals surface area (Å²) in [6.45, 7) is 9.16. The van der Waals surface area contributed by atoms with Gasteiger partial charge in [0.15, 0.2) is 0 Å². The van der Waals surface area contributed by atoms with Gasteiger partial charge in [0.05, 0.1) is 0 Å². The maximum Gasteiger partial charge on any atom is 0.0464 e. The van der Waals surface area contributed by atoms with Gasteiger partial charge in [0, 0.05) is 11.9 Å². The molecule has 2 atom stereocenters. The summed E-state index contributed by atoms with van der Waals surface area (Å²) in [7, 11) is 0. The molecule has 0 amide bonds. The molecule has 0 bridgehead atoms. The van der Waals surface area contributed by atoms with Crippen molar-refractivity contribution in [3.63, 3.8) is 0 Å². The summed E-state index contributed by atoms with van der Waals surface area (Å²) in [6, 6.07) is 0. The lowest BCUT2D eigenvalue weighted by molar-refractivity contribution is 0.279. The first-order chi connectivity index (χ1) is 8.09. The fourth-order valence-electron chi connectivity index (χ4n) is 3.66. The highest BCUT2D eigenvalue weighted by atomic mass is 14.7. The van der Waals surface area contributed by atoms with E-state index in [4.69, 9.17) is 4.98 Å². The Morgan fingerprint density at radius 1 is 1.12 bits per heavy atom. The molecule has 92 valence electrons. The van der Waals surface area contributed by atoms with E-state index in [1.807, 2.05) is 0 Å². The van der Waals surface area contributed by atoms with Gasteiger partial charge in [0.25, 0.3) is 0 Å². The van der Waals surface area contributed by atoms with E-state index in [0.29, 0.717) is 11.8 Å². The summed E-state index contributed by atoms with van der Waals surface area (Å²) in [5.41, 5.74) is 6.23. The number of nitrogens with zero attached hydrogens (tertiary/aromatic N) is 1. The van der Waals surface area contributed by atoms with E-state index in [9.17, 15) is 0 Å². The molecular weight excluding hydrogens is 206 g/mol. The van der Waals surface area contributed by atoms with E-state index >= 15 is 0 Å². The van der Waals surface area contributed by atoms with E-state index < -0.39 is 0 Å². The predicted molar refractivity (Wildman–Crippen MR) is 71.6 cm³/mol. The zero-order valence-corrected chi connectivity index (χ0v) is 11.5. The maximum atomic E-state index is 4.77. The molecule has 0 aromatic carbocycles. The molecule has 0 radical (unpaired) electrons. The number of pyridine rings is 1. The highest BCUT2D eigenvalue weighted by Gasteiger charge is 2.42. The molecule has 1 aromatic heterocycles. The Morgan fingerprint density at radius 3 is 2.41 bits per heavy atom. The van der Waals surface area contributed by atoms with E-state index in [-0.39, 0.29) is 0 Å². The molecule has 1 heteroatoms. The minimum Gasteiger partial charge on any atom is -0.260 e. The fourth-order valence-corrected chi connectivity index (χ4v) is 3.66. The second-order valence-electron chi connectivity index (χ2n) is 6.45. The Balaban J connectivity index is 2.16. The summed E-state index contributed by atoms with van der Waals surface area (Å²) in [4.78, 5) is 4.77. The summed E-state index contributed by atoms with van der Waals surface area (Å²) in [5, 5.41) is 0. The normalized spacial score (nSPS) is 26.0. The monoisotopic (exact) mass is 229 g/mol. The Kier molecular flexibility index (Phi) is 2.53. The quantitative estimate of drug-likeness (QED) is 0.733. The molecule has 17 heavy (non-hydrogen) atoms. The third-order valence-electron chi connectivity index (χ3n) is 4.71. The van der Waals surface area contributed by atoms with Crippen LogP contribution in [-0.2, 0) is 6.42 Å². The van der Waals surface area contributed by atoms with Crippen LogP contribution in [0, 0.1) is 5.92 Å². The molecule has 3 rings (SSSR count). The Bertz CT molecular complexity index is 445. The van der Waals surface area contributed by atoms with Crippen LogP contribution in [0.15, 0.2) is 6.20 Å². The number of hydrogen-bond donors (Lipinski definition) is 0. The van der Waals surface area contributed by atoms with Gasteiger partial charge in [0.2, 0.25) is 0 Å². The van der Waals surface area contributed by atoms with Gasteiger partial charge in [0.1, 0.15) is 0 Å². The van der Waals surface area contributed by atoms with Crippen molar-refractivity contribution in [3.8, 4) is 0 Å². The summed E-state index contributed by atoms with van der Waals surface area (Å²) >= 11 is 0. The lowest BCUT2D eigenvalue weighted by Gasteiger charge is -2.32. The van der Waals surface area contributed by atoms with Crippen LogP contribution in [0.1, 0.15) is 80.7 Å². The molecular formula is C16H23N. The summed E-state index contributed by atoms with van der Waals surface area (Å²) < 4.78 is 0. The van der Waals surface area contributed by atoms with Crippen molar-refractivity contribution in [2.75, 3.05) is 0 Å². The largest absolute Gasteiger partial charge is 0.260 e. The molecule has 0 spiro atoms. The second-order valence-corrected chi connectivity index (χ2v) is 6.45. The first-order valence-corrected chi connectivity index (χ1v) is 7.11. The third kappa shape index (κ3) is 1.55. The van der Waals surface area contributed by atoms with Crippen LogP contribution in [-0.4, -0.2) is 4.98 Å². The van der Waals surface area contributed by atoms with Gasteiger partial charge in [-0.3, -0.25) is 4.98 Å². The topological polar surface area (TPSA) is 12.9 Å². The molecule has 2 unspecified atom stereocenters. The summed E-state index contributed by atoms with van der Waals surface area (Å²) in [6.07, 6.45) is 6.33. The Morgan fingerprint density at radius 2 is 1.88 bits per heavy atom. The molecule has 1 nitrogen and oxygen atoms in total. The van der Waals surface area contributed by atoms with Crippen molar-refractivity contribution >= 4 is 0 Å². The van der Waals surface area contributed by atoms with E-state index in [1.54, 1.807) is 11.1 Å². The average Bonchev–Trinajstić information content (AvgIpc) is 2.48. The molecule has 0 aliphatic heterocycles. The molecule has 1 fully saturated rings. The van der Waals surface area contributed by atoms with Crippen LogP contribution < -0.4 is 0 Å². The van der Waals surface area contributed by atoms with E-state index in [1.165, 1.54) is 30.5 Å². The molecule has 2 aliphatic rings. The molecule has 1 saturated carbocycles. The van der Waals surface area contributed by atoms with Gasteiger partial charge >= 0.3 is 0 Å². The third-order valence-corrected chi connectivity index (χ3v) is 4.71. The van der Waals surface area contributed by atoms with Crippen LogP contribution in [0.3, 0.4) is 0 Å². The zero-order chi connectivity index (χ0) is 12.2. The Hall–Kier alpha value is -0.850. The van der Waals surface area contributed by atoms with Crippen molar-refractivity contribution in [3.05, 3.63) is 28.6 Å². The number of hydrogen-bond acceptors (Lipinski definition) is 1. The summed E-state index contributed by atoms with van der Waals surface area (Å²) in [5.74, 6) is 3.02. The standard InChI is InChI=1S/C16H23N/c1-9(2)14-8-17-16(10(3)4)13-7-11-5-6-12(11)15(13)14/h8-12H,5-7H2,1-4H3. The fraction of sp³-hybridized carbons (Fsp3) is 0.688. The van der Waals surface area contributed by atoms with Gasteiger partial charge in [-0.25, -0.2) is 0 Å². The molecule has 1 aromatic rings. The van der Waals surface area contributed by atoms with Crippen molar-refractivity contribution in [2.45, 2.75) is 64.7 Å². The van der Waals surface area contributed by atoms with Crippen molar-refractivity contribution in [1.29, 1.82) is 0 Å². The molecule has 1 heterocycles. The van der Waals surface area contributed by atoms with Crippen molar-refractivity contribution < 1.29 is 0 Å². The van der Waals surface area contributed by atoms with Gasteiger partial charge in [-0.2, -0.15) is 0 Å². The minimum absolute atomic E-state index is 0.572. The van der Waals surface area contributed by atoms with Gasteiger partial charge in [-0.05, 0) is 59.6 Å². The smallest absolute Gasteiger partial charge is 0.0464 e. The number of rotatable bonds is 2. The van der Waals surface area contributed by atoms with Crippen molar-refractivity contribution in [1.82, 2.24) is 4.98 Å². The van der Waals surface area contributed by atoms with Crippen LogP contribution in [0.4, 0.5) is 0 Å². The number of fused-ring (bicyclic) bond motifs is 3. The van der Waals surface area contributed by atoms with Gasteiger partial charge in [-0.15, -0.1) is 0 Å². The minimum atomic E-state index is 0.572. The van der Waals surface area contributed by atoms with E-state index in [2.05, 4.69) is 33.9 Å². The van der Waals surface area contributed by atoms with Crippen LogP contribution in [0.2, 0.25) is 0 Å². The Labute approximate surface area is 105 Å². The highest BCUT2D eigenvalue weighted by molar-refractivity contribution is 5.47. The lowest BCUT2D eigenvalue weighted by atomic mass is 9.73. The molecule has 2 aliphatic carbocycles. The predicted octanol–water partition coefficient (Wildman–Crippen LogP) is 4.38. The van der Waals surface area contributed by atoms with Crippen molar-refractivity contribution in [2.24, 2.45) is 5.92 Å². The second kappa shape index (κ2) is 3.83. The van der Waals surface area contributed by atoms with Crippen LogP contribution >= 0.6 is 0 Å². The first kappa shape index (κ1) is 11.3. The lowest BCUT2D eigenvalue weighted by Crippen LogP contribution is -2.19. The molecule has 0 N–H and O–H groups in total. The van der Waals surface area contributed by atoms with E-state index in [0.717, 1.165) is 11.8 Å². The average molecular weight is 229 g/mol. The van der Waals surface area contributed by atoms with Crippen LogP contribution in [0.25, 0.3) is 0 Å². The highest BCUT2D eigenvalue weighted by Crippen LogP contribution is 2.54. The first-order valence-electron chi connectivity index (χ1n) is 7.11. The SMILES string of the molecule is CC(C)c1cnc(C(C)C)c2c1C1CCC1C2. The van der Waals surface area contributed by atoms with Gasteiger partial charge < -0.3 is 0 Å². The van der Waals surface area contributed by atoms with Crippen LogP contribution in [0.5, 0.6) is 0 Å². The number of aromatic nitrogens is 1. The maximum absolute atomic E-state index is 4.77. The molecule has 0 saturated heterocycles. The van der Waals surface area contributed by atoms with Gasteiger partial charge in [-0.1, -0.05) is 27.7 Å². The zero-order valence-electron chi connectivity index (χ0n) is 11.5.